The summed E-state index contributed by atoms with van der Waals surface area (Å²) in [7, 11) is 0. The van der Waals surface area contributed by atoms with Crippen molar-refractivity contribution < 1.29 is 9.90 Å². The molecule has 0 bridgehead atoms. The summed E-state index contributed by atoms with van der Waals surface area (Å²) in [5.41, 5.74) is 4.20. The fourth-order valence-electron chi connectivity index (χ4n) is 6.11. The Labute approximate surface area is 209 Å². The van der Waals surface area contributed by atoms with Crippen molar-refractivity contribution in [3.8, 4) is 5.75 Å². The quantitative estimate of drug-likeness (QED) is 0.465. The zero-order chi connectivity index (χ0) is 24.2. The first kappa shape index (κ1) is 23.9. The summed E-state index contributed by atoms with van der Waals surface area (Å²) >= 11 is 0. The molecule has 0 spiro atoms. The Bertz CT molecular complexity index is 1140. The van der Waals surface area contributed by atoms with Crippen molar-refractivity contribution in [2.24, 2.45) is 5.92 Å². The Kier molecular flexibility index (Phi) is 7.43. The molecule has 1 aliphatic carbocycles. The van der Waals surface area contributed by atoms with Gasteiger partial charge in [0.2, 0.25) is 0 Å². The molecule has 186 valence electrons. The third kappa shape index (κ3) is 5.56. The first-order valence-corrected chi connectivity index (χ1v) is 13.5. The van der Waals surface area contributed by atoms with Gasteiger partial charge in [0.25, 0.3) is 5.91 Å². The predicted octanol–water partition coefficient (Wildman–Crippen LogP) is 5.67. The highest BCUT2D eigenvalue weighted by atomic mass is 16.3. The fourth-order valence-corrected chi connectivity index (χ4v) is 6.11. The van der Waals surface area contributed by atoms with Gasteiger partial charge < -0.3 is 19.9 Å². The molecule has 5 heteroatoms. The minimum atomic E-state index is 0.00299. The second-order valence-electron chi connectivity index (χ2n) is 10.6. The molecule has 1 aromatic heterocycles. The van der Waals surface area contributed by atoms with Crippen LogP contribution in [0.1, 0.15) is 66.6 Å². The largest absolute Gasteiger partial charge is 0.508 e. The fraction of sp³-hybridized carbons (Fsp3) is 0.500. The van der Waals surface area contributed by atoms with E-state index in [0.29, 0.717) is 5.92 Å². The molecule has 5 nitrogen and oxygen atoms in total. The van der Waals surface area contributed by atoms with Crippen molar-refractivity contribution in [2.45, 2.75) is 70.9 Å². The summed E-state index contributed by atoms with van der Waals surface area (Å²) < 4.78 is 2.33. The van der Waals surface area contributed by atoms with Gasteiger partial charge >= 0.3 is 0 Å². The molecule has 3 aromatic rings. The van der Waals surface area contributed by atoms with Crippen LogP contribution in [-0.4, -0.2) is 46.2 Å². The van der Waals surface area contributed by atoms with Gasteiger partial charge in [-0.1, -0.05) is 49.6 Å². The molecule has 2 fully saturated rings. The van der Waals surface area contributed by atoms with Gasteiger partial charge in [0.15, 0.2) is 0 Å². The average molecular weight is 474 g/mol. The number of hydrogen-bond donors (Lipinski definition) is 2. The van der Waals surface area contributed by atoms with E-state index in [4.69, 9.17) is 0 Å². The van der Waals surface area contributed by atoms with Crippen LogP contribution in [0.5, 0.6) is 5.75 Å². The Morgan fingerprint density at radius 3 is 2.49 bits per heavy atom. The van der Waals surface area contributed by atoms with E-state index < -0.39 is 0 Å². The van der Waals surface area contributed by atoms with Gasteiger partial charge in [-0.3, -0.25) is 4.79 Å². The van der Waals surface area contributed by atoms with Crippen molar-refractivity contribution in [1.29, 1.82) is 0 Å². The number of benzene rings is 2. The number of carbonyl (C=O) groups excluding carboxylic acids is 1. The Morgan fingerprint density at radius 2 is 1.74 bits per heavy atom. The highest BCUT2D eigenvalue weighted by Crippen LogP contribution is 2.33. The minimum absolute atomic E-state index is 0.00299. The van der Waals surface area contributed by atoms with Crippen LogP contribution in [0.25, 0.3) is 10.9 Å². The molecule has 0 radical (unpaired) electrons. The summed E-state index contributed by atoms with van der Waals surface area (Å²) in [6.07, 6.45) is 9.51. The van der Waals surface area contributed by atoms with Crippen LogP contribution in [0.2, 0.25) is 0 Å². The van der Waals surface area contributed by atoms with Crippen LogP contribution < -0.4 is 5.32 Å². The summed E-state index contributed by atoms with van der Waals surface area (Å²) in [5.74, 6) is 0.888. The second kappa shape index (κ2) is 10.9. The van der Waals surface area contributed by atoms with E-state index in [1.807, 2.05) is 6.07 Å². The lowest BCUT2D eigenvalue weighted by Crippen LogP contribution is -2.45. The van der Waals surface area contributed by atoms with Crippen LogP contribution in [-0.2, 0) is 13.0 Å². The van der Waals surface area contributed by atoms with Crippen LogP contribution in [0.4, 0.5) is 0 Å². The highest BCUT2D eigenvalue weighted by Gasteiger charge is 2.26. The molecule has 0 atom stereocenters. The lowest BCUT2D eigenvalue weighted by molar-refractivity contribution is 0.0912. The minimum Gasteiger partial charge on any atom is -0.508 e. The molecule has 1 amide bonds. The zero-order valence-electron chi connectivity index (χ0n) is 21.0. The smallest absolute Gasteiger partial charge is 0.253 e. The van der Waals surface area contributed by atoms with Crippen LogP contribution in [0.15, 0.2) is 48.5 Å². The zero-order valence-corrected chi connectivity index (χ0v) is 21.0. The van der Waals surface area contributed by atoms with Gasteiger partial charge in [0, 0.05) is 48.8 Å². The number of aromatic nitrogens is 1. The maximum absolute atomic E-state index is 13.5. The molecule has 5 rings (SSSR count). The summed E-state index contributed by atoms with van der Waals surface area (Å²) in [6.45, 7) is 6.13. The number of likely N-dealkylation sites (tertiary alicyclic amines) is 1. The number of phenolic OH excluding ortho intramolecular Hbond substituents is 1. The number of rotatable bonds is 7. The number of carbonyl (C=O) groups is 1. The van der Waals surface area contributed by atoms with Crippen LogP contribution in [0, 0.1) is 12.8 Å². The molecule has 2 heterocycles. The molecule has 2 aliphatic rings. The van der Waals surface area contributed by atoms with Crippen molar-refractivity contribution in [3.05, 3.63) is 65.4 Å². The molecule has 0 unspecified atom stereocenters. The number of amides is 1. The lowest BCUT2D eigenvalue weighted by atomic mass is 9.89. The van der Waals surface area contributed by atoms with E-state index in [-0.39, 0.29) is 17.7 Å². The highest BCUT2D eigenvalue weighted by molar-refractivity contribution is 6.08. The van der Waals surface area contributed by atoms with E-state index >= 15 is 0 Å². The van der Waals surface area contributed by atoms with E-state index in [1.54, 1.807) is 12.1 Å². The maximum atomic E-state index is 13.5. The van der Waals surface area contributed by atoms with Gasteiger partial charge in [-0.05, 0) is 68.7 Å². The molecular formula is C30H39N3O2. The Morgan fingerprint density at radius 1 is 1.00 bits per heavy atom. The van der Waals surface area contributed by atoms with Crippen molar-refractivity contribution in [3.63, 3.8) is 0 Å². The summed E-state index contributed by atoms with van der Waals surface area (Å²) in [4.78, 5) is 16.0. The monoisotopic (exact) mass is 473 g/mol. The molecule has 1 saturated carbocycles. The number of piperidine rings is 1. The molecule has 2 aromatic carbocycles. The predicted molar refractivity (Wildman–Crippen MR) is 142 cm³/mol. The van der Waals surface area contributed by atoms with Gasteiger partial charge in [0.1, 0.15) is 5.75 Å². The van der Waals surface area contributed by atoms with Crippen molar-refractivity contribution >= 4 is 16.8 Å². The molecule has 35 heavy (non-hydrogen) atoms. The topological polar surface area (TPSA) is 57.5 Å². The average Bonchev–Trinajstić information content (AvgIpc) is 3.15. The number of fused-ring (bicyclic) bond motifs is 1. The first-order valence-electron chi connectivity index (χ1n) is 13.5. The maximum Gasteiger partial charge on any atom is 0.253 e. The van der Waals surface area contributed by atoms with E-state index in [1.165, 1.54) is 37.7 Å². The van der Waals surface area contributed by atoms with Crippen molar-refractivity contribution in [1.82, 2.24) is 14.8 Å². The molecule has 2 N–H and O–H groups in total. The molecule has 1 aliphatic heterocycles. The van der Waals surface area contributed by atoms with E-state index in [0.717, 1.165) is 67.6 Å². The van der Waals surface area contributed by atoms with E-state index in [9.17, 15) is 9.90 Å². The third-order valence-electron chi connectivity index (χ3n) is 8.18. The third-order valence-corrected chi connectivity index (χ3v) is 8.18. The van der Waals surface area contributed by atoms with Crippen LogP contribution >= 0.6 is 0 Å². The first-order chi connectivity index (χ1) is 17.1. The summed E-state index contributed by atoms with van der Waals surface area (Å²) in [6, 6.07) is 16.3. The molecular weight excluding hydrogens is 434 g/mol. The number of aromatic hydroxyl groups is 1. The van der Waals surface area contributed by atoms with E-state index in [2.05, 4.69) is 52.0 Å². The Balaban J connectivity index is 1.25. The number of nitrogens with zero attached hydrogens (tertiary/aromatic N) is 2. The number of nitrogens with one attached hydrogen (secondary N) is 1. The summed E-state index contributed by atoms with van der Waals surface area (Å²) in [5, 5.41) is 14.4. The normalized spacial score (nSPS) is 18.2. The lowest BCUT2D eigenvalue weighted by Gasteiger charge is -2.32. The standard InChI is InChI=1S/C30H39N3O2/c1-22-29(27-20-26(34)12-13-28(27)33(22)21-24-10-6-3-7-11-24)30(35)31-25-15-18-32(19-16-25)17-14-23-8-4-2-5-9-23/h2,4-5,8-9,12-13,20,24-25,34H,3,6-7,10-11,14-19,21H2,1H3,(H,31,35). The van der Waals surface area contributed by atoms with Gasteiger partial charge in [0.05, 0.1) is 5.56 Å². The Hall–Kier alpha value is -2.79. The van der Waals surface area contributed by atoms with Gasteiger partial charge in [-0.15, -0.1) is 0 Å². The van der Waals surface area contributed by atoms with Crippen molar-refractivity contribution in [2.75, 3.05) is 19.6 Å². The molecule has 1 saturated heterocycles. The van der Waals surface area contributed by atoms with Gasteiger partial charge in [-0.25, -0.2) is 0 Å². The second-order valence-corrected chi connectivity index (χ2v) is 10.6. The van der Waals surface area contributed by atoms with Crippen LogP contribution in [0.3, 0.4) is 0 Å². The van der Waals surface area contributed by atoms with Gasteiger partial charge in [-0.2, -0.15) is 0 Å². The SMILES string of the molecule is Cc1c(C(=O)NC2CCN(CCc3ccccc3)CC2)c2cc(O)ccc2n1CC1CCCCC1. The number of hydrogen-bond acceptors (Lipinski definition) is 3. The number of phenols is 1.